The van der Waals surface area contributed by atoms with Gasteiger partial charge in [0.05, 0.1) is 18.4 Å². The zero-order chi connectivity index (χ0) is 20.3. The lowest BCUT2D eigenvalue weighted by molar-refractivity contribution is -0.138. The van der Waals surface area contributed by atoms with Crippen LogP contribution in [0.1, 0.15) is 29.9 Å². The lowest BCUT2D eigenvalue weighted by Gasteiger charge is -2.33. The predicted octanol–water partition coefficient (Wildman–Crippen LogP) is 5.78. The molecule has 0 unspecified atom stereocenters. The molecule has 0 aromatic heterocycles. The van der Waals surface area contributed by atoms with E-state index in [1.54, 1.807) is 29.2 Å². The molecule has 2 aromatic carbocycles. The van der Waals surface area contributed by atoms with Gasteiger partial charge in [-0.2, -0.15) is 13.2 Å². The lowest BCUT2D eigenvalue weighted by Crippen LogP contribution is -2.40. The van der Waals surface area contributed by atoms with Crippen molar-refractivity contribution in [3.05, 3.63) is 58.6 Å². The molecule has 3 rings (SSSR count). The zero-order valence-corrected chi connectivity index (χ0v) is 16.0. The summed E-state index contributed by atoms with van der Waals surface area (Å²) in [6, 6.07) is 10.2. The Morgan fingerprint density at radius 2 is 1.86 bits per heavy atom. The van der Waals surface area contributed by atoms with Crippen molar-refractivity contribution in [2.75, 3.05) is 25.5 Å². The van der Waals surface area contributed by atoms with E-state index in [4.69, 9.17) is 16.3 Å². The number of hydrogen-bond donors (Lipinski definition) is 1. The van der Waals surface area contributed by atoms with Gasteiger partial charge in [-0.15, -0.1) is 0 Å². The van der Waals surface area contributed by atoms with E-state index in [-0.39, 0.29) is 11.9 Å². The second-order valence-corrected chi connectivity index (χ2v) is 7.06. The Labute approximate surface area is 166 Å². The molecule has 1 aliphatic heterocycles. The van der Waals surface area contributed by atoms with E-state index in [0.717, 1.165) is 6.07 Å². The van der Waals surface area contributed by atoms with Crippen molar-refractivity contribution in [3.8, 4) is 5.75 Å². The maximum atomic E-state index is 13.3. The number of likely N-dealkylation sites (tertiary alicyclic amines) is 1. The number of methoxy groups -OCH3 is 1. The number of ether oxygens (including phenoxy) is 1. The van der Waals surface area contributed by atoms with Crippen LogP contribution in [0.25, 0.3) is 0 Å². The third-order valence-electron chi connectivity index (χ3n) is 4.89. The fourth-order valence-electron chi connectivity index (χ4n) is 3.48. The van der Waals surface area contributed by atoms with Gasteiger partial charge in [0.25, 0.3) is 0 Å². The van der Waals surface area contributed by atoms with Gasteiger partial charge in [-0.25, -0.2) is 4.79 Å². The minimum atomic E-state index is -4.38. The molecular formula is C20H20ClF3N2O2. The molecular weight excluding hydrogens is 393 g/mol. The van der Waals surface area contributed by atoms with E-state index in [2.05, 4.69) is 5.32 Å². The number of nitrogens with zero attached hydrogens (tertiary/aromatic N) is 1. The van der Waals surface area contributed by atoms with Crippen molar-refractivity contribution >= 4 is 23.3 Å². The third kappa shape index (κ3) is 4.52. The number of carbonyl (C=O) groups is 1. The Kier molecular flexibility index (Phi) is 6.03. The van der Waals surface area contributed by atoms with Crippen LogP contribution >= 0.6 is 11.6 Å². The first kappa shape index (κ1) is 20.3. The molecule has 0 aliphatic carbocycles. The fourth-order valence-corrected chi connectivity index (χ4v) is 3.65. The van der Waals surface area contributed by atoms with Gasteiger partial charge in [-0.3, -0.25) is 0 Å². The van der Waals surface area contributed by atoms with Gasteiger partial charge in [0.2, 0.25) is 0 Å². The summed E-state index contributed by atoms with van der Waals surface area (Å²) >= 11 is 5.97. The average molecular weight is 413 g/mol. The molecule has 150 valence electrons. The van der Waals surface area contributed by atoms with Gasteiger partial charge in [-0.05, 0) is 48.6 Å². The Morgan fingerprint density at radius 1 is 1.18 bits per heavy atom. The molecule has 1 N–H and O–H groups in total. The Balaban J connectivity index is 1.66. The van der Waals surface area contributed by atoms with Crippen molar-refractivity contribution in [2.45, 2.75) is 24.9 Å². The summed E-state index contributed by atoms with van der Waals surface area (Å²) in [5.41, 5.74) is 0.151. The van der Waals surface area contributed by atoms with Crippen LogP contribution in [-0.4, -0.2) is 31.1 Å². The monoisotopic (exact) mass is 412 g/mol. The van der Waals surface area contributed by atoms with Crippen LogP contribution in [0.15, 0.2) is 42.5 Å². The summed E-state index contributed by atoms with van der Waals surface area (Å²) in [6.07, 6.45) is -3.45. The average Bonchev–Trinajstić information content (AvgIpc) is 2.67. The first-order chi connectivity index (χ1) is 13.3. The van der Waals surface area contributed by atoms with Crippen LogP contribution in [0.3, 0.4) is 0 Å². The van der Waals surface area contributed by atoms with Crippen LogP contribution in [0, 0.1) is 0 Å². The molecule has 1 heterocycles. The number of halogens is 4. The van der Waals surface area contributed by atoms with Crippen molar-refractivity contribution in [3.63, 3.8) is 0 Å². The van der Waals surface area contributed by atoms with E-state index in [1.807, 2.05) is 0 Å². The third-order valence-corrected chi connectivity index (χ3v) is 5.13. The highest BCUT2D eigenvalue weighted by molar-refractivity contribution is 6.31. The fraction of sp³-hybridized carbons (Fsp3) is 0.350. The standard InChI is InChI=1S/C20H20ClF3N2O2/c1-28-18-7-6-14(21)12-17(18)25-19(27)26-10-8-13(9-11-26)15-4-2-3-5-16(15)20(22,23)24/h2-7,12-13H,8-11H2,1H3,(H,25,27). The van der Waals surface area contributed by atoms with Crippen LogP contribution in [0.2, 0.25) is 5.02 Å². The number of rotatable bonds is 3. The molecule has 0 spiro atoms. The highest BCUT2D eigenvalue weighted by Gasteiger charge is 2.36. The summed E-state index contributed by atoms with van der Waals surface area (Å²) in [5, 5.41) is 3.22. The molecule has 4 nitrogen and oxygen atoms in total. The molecule has 0 radical (unpaired) electrons. The predicted molar refractivity (Wildman–Crippen MR) is 102 cm³/mol. The number of carbonyl (C=O) groups excluding carboxylic acids is 1. The number of hydrogen-bond acceptors (Lipinski definition) is 2. The number of amides is 2. The van der Waals surface area contributed by atoms with Crippen LogP contribution < -0.4 is 10.1 Å². The Hall–Kier alpha value is -2.41. The molecule has 1 fully saturated rings. The molecule has 0 saturated carbocycles. The number of alkyl halides is 3. The number of urea groups is 1. The van der Waals surface area contributed by atoms with Gasteiger partial charge in [0.1, 0.15) is 5.75 Å². The minimum absolute atomic E-state index is 0.234. The van der Waals surface area contributed by atoms with Gasteiger partial charge in [0.15, 0.2) is 0 Å². The first-order valence-corrected chi connectivity index (χ1v) is 9.23. The van der Waals surface area contributed by atoms with Gasteiger partial charge in [-0.1, -0.05) is 29.8 Å². The van der Waals surface area contributed by atoms with E-state index >= 15 is 0 Å². The van der Waals surface area contributed by atoms with Crippen LogP contribution in [0.5, 0.6) is 5.75 Å². The molecule has 1 saturated heterocycles. The van der Waals surface area contributed by atoms with E-state index in [9.17, 15) is 18.0 Å². The van der Waals surface area contributed by atoms with E-state index in [0.29, 0.717) is 48.0 Å². The maximum absolute atomic E-state index is 13.3. The minimum Gasteiger partial charge on any atom is -0.495 e. The topological polar surface area (TPSA) is 41.6 Å². The quantitative estimate of drug-likeness (QED) is 0.694. The smallest absolute Gasteiger partial charge is 0.416 e. The SMILES string of the molecule is COc1ccc(Cl)cc1NC(=O)N1CCC(c2ccccc2C(F)(F)F)CC1. The molecule has 28 heavy (non-hydrogen) atoms. The normalized spacial score (nSPS) is 15.4. The molecule has 2 aromatic rings. The molecule has 0 atom stereocenters. The van der Waals surface area contributed by atoms with Crippen LogP contribution in [0.4, 0.5) is 23.7 Å². The Morgan fingerprint density at radius 3 is 2.50 bits per heavy atom. The van der Waals surface area contributed by atoms with E-state index in [1.165, 1.54) is 19.2 Å². The van der Waals surface area contributed by atoms with E-state index < -0.39 is 11.7 Å². The largest absolute Gasteiger partial charge is 0.495 e. The number of nitrogens with one attached hydrogen (secondary N) is 1. The summed E-state index contributed by atoms with van der Waals surface area (Å²) in [7, 11) is 1.49. The van der Waals surface area contributed by atoms with Gasteiger partial charge < -0.3 is 15.0 Å². The van der Waals surface area contributed by atoms with Gasteiger partial charge >= 0.3 is 12.2 Å². The summed E-state index contributed by atoms with van der Waals surface area (Å²) in [4.78, 5) is 14.1. The highest BCUT2D eigenvalue weighted by atomic mass is 35.5. The summed E-state index contributed by atoms with van der Waals surface area (Å²) in [6.45, 7) is 0.733. The zero-order valence-electron chi connectivity index (χ0n) is 15.2. The summed E-state index contributed by atoms with van der Waals surface area (Å²) in [5.74, 6) is 0.245. The number of piperidine rings is 1. The van der Waals surface area contributed by atoms with Crippen molar-refractivity contribution in [1.82, 2.24) is 4.90 Å². The number of anilines is 1. The van der Waals surface area contributed by atoms with Crippen molar-refractivity contribution in [2.24, 2.45) is 0 Å². The summed E-state index contributed by atoms with van der Waals surface area (Å²) < 4.78 is 45.0. The highest BCUT2D eigenvalue weighted by Crippen LogP contribution is 2.38. The van der Waals surface area contributed by atoms with Gasteiger partial charge in [0, 0.05) is 18.1 Å². The molecule has 0 bridgehead atoms. The number of benzene rings is 2. The second kappa shape index (κ2) is 8.31. The maximum Gasteiger partial charge on any atom is 0.416 e. The molecule has 2 amide bonds. The first-order valence-electron chi connectivity index (χ1n) is 8.85. The molecule has 8 heteroatoms. The van der Waals surface area contributed by atoms with Crippen molar-refractivity contribution in [1.29, 1.82) is 0 Å². The lowest BCUT2D eigenvalue weighted by atomic mass is 9.86. The Bertz CT molecular complexity index is 850. The van der Waals surface area contributed by atoms with Crippen LogP contribution in [-0.2, 0) is 6.18 Å². The van der Waals surface area contributed by atoms with Crippen molar-refractivity contribution < 1.29 is 22.7 Å². The molecule has 1 aliphatic rings. The second-order valence-electron chi connectivity index (χ2n) is 6.62.